The average Bonchev–Trinajstić information content (AvgIpc) is 2.68. The number of sulfonamides is 1. The van der Waals surface area contributed by atoms with Crippen molar-refractivity contribution < 1.29 is 21.6 Å². The summed E-state index contributed by atoms with van der Waals surface area (Å²) in [5, 5.41) is 3.77. The number of hydrogen-bond donors (Lipinski definition) is 1. The molecule has 2 rings (SSSR count). The Kier molecular flexibility index (Phi) is 4.17. The van der Waals surface area contributed by atoms with E-state index in [0.29, 0.717) is 0 Å². The number of aromatic nitrogens is 2. The molecule has 0 bridgehead atoms. The molecule has 0 unspecified atom stereocenters. The third kappa shape index (κ3) is 3.66. The zero-order chi connectivity index (χ0) is 15.8. The molecule has 1 aliphatic rings. The van der Waals surface area contributed by atoms with Crippen molar-refractivity contribution in [3.8, 4) is 0 Å². The summed E-state index contributed by atoms with van der Waals surface area (Å²) in [6, 6.07) is 0. The highest BCUT2D eigenvalue weighted by Crippen LogP contribution is 2.23. The van der Waals surface area contributed by atoms with Gasteiger partial charge in [0, 0.05) is 39.4 Å². The predicted molar refractivity (Wildman–Crippen MR) is 68.9 cm³/mol. The minimum absolute atomic E-state index is 0.00719. The second-order valence-electron chi connectivity index (χ2n) is 4.85. The molecule has 11 heteroatoms. The van der Waals surface area contributed by atoms with E-state index in [0.717, 1.165) is 4.31 Å². The van der Waals surface area contributed by atoms with Crippen LogP contribution in [0.4, 0.5) is 19.0 Å². The van der Waals surface area contributed by atoms with Crippen molar-refractivity contribution in [3.63, 3.8) is 0 Å². The monoisotopic (exact) mass is 327 g/mol. The number of anilines is 1. The molecule has 120 valence electrons. The van der Waals surface area contributed by atoms with Gasteiger partial charge in [0.05, 0.1) is 6.54 Å². The van der Waals surface area contributed by atoms with Gasteiger partial charge in [0.2, 0.25) is 10.0 Å². The van der Waals surface area contributed by atoms with E-state index < -0.39 is 22.7 Å². The van der Waals surface area contributed by atoms with Crippen molar-refractivity contribution >= 4 is 15.8 Å². The number of nitrogens with zero attached hydrogens (tertiary/aromatic N) is 4. The van der Waals surface area contributed by atoms with E-state index in [1.807, 2.05) is 0 Å². The number of hydrogen-bond acceptors (Lipinski definition) is 5. The Labute approximate surface area is 120 Å². The molecule has 1 saturated heterocycles. The number of halogens is 3. The topological polar surface area (TPSA) is 84.5 Å². The lowest BCUT2D eigenvalue weighted by molar-refractivity contribution is -0.148. The maximum absolute atomic E-state index is 12.4. The van der Waals surface area contributed by atoms with Crippen LogP contribution in [-0.2, 0) is 17.1 Å². The van der Waals surface area contributed by atoms with Crippen LogP contribution >= 0.6 is 0 Å². The van der Waals surface area contributed by atoms with E-state index in [-0.39, 0.29) is 36.9 Å². The summed E-state index contributed by atoms with van der Waals surface area (Å²) < 4.78 is 64.0. The highest BCUT2D eigenvalue weighted by molar-refractivity contribution is 7.89. The van der Waals surface area contributed by atoms with Gasteiger partial charge in [-0.15, -0.1) is 0 Å². The highest BCUT2D eigenvalue weighted by Gasteiger charge is 2.35. The maximum Gasteiger partial charge on any atom is 0.401 e. The van der Waals surface area contributed by atoms with Gasteiger partial charge in [-0.25, -0.2) is 8.42 Å². The molecule has 0 aliphatic carbocycles. The fraction of sp³-hybridized carbons (Fsp3) is 0.700. The summed E-state index contributed by atoms with van der Waals surface area (Å²) in [5.74, 6) is -0.116. The van der Waals surface area contributed by atoms with Crippen LogP contribution in [0.25, 0.3) is 0 Å². The largest absolute Gasteiger partial charge is 0.401 e. The lowest BCUT2D eigenvalue weighted by Crippen LogP contribution is -2.50. The van der Waals surface area contributed by atoms with Gasteiger partial charge in [-0.1, -0.05) is 0 Å². The van der Waals surface area contributed by atoms with E-state index >= 15 is 0 Å². The molecule has 0 radical (unpaired) electrons. The van der Waals surface area contributed by atoms with E-state index in [1.54, 1.807) is 0 Å². The van der Waals surface area contributed by atoms with Gasteiger partial charge in [-0.3, -0.25) is 9.58 Å². The lowest BCUT2D eigenvalue weighted by atomic mass is 10.3. The number of aryl methyl sites for hydroxylation is 1. The minimum Gasteiger partial charge on any atom is -0.381 e. The van der Waals surface area contributed by atoms with Crippen LogP contribution < -0.4 is 5.73 Å². The smallest absolute Gasteiger partial charge is 0.381 e. The van der Waals surface area contributed by atoms with Crippen LogP contribution in [0.5, 0.6) is 0 Å². The molecule has 0 amide bonds. The van der Waals surface area contributed by atoms with Gasteiger partial charge in [-0.2, -0.15) is 22.6 Å². The highest BCUT2D eigenvalue weighted by atomic mass is 32.2. The number of nitrogen functional groups attached to an aromatic ring is 1. The normalized spacial score (nSPS) is 19.0. The first-order chi connectivity index (χ1) is 9.59. The molecule has 1 aromatic heterocycles. The molecule has 0 atom stereocenters. The molecule has 2 heterocycles. The SMILES string of the molecule is Cn1cc(S(=O)(=O)N2CCN(CC(F)(F)F)CC2)c(N)n1. The predicted octanol–water partition coefficient (Wildman–Crippen LogP) is -0.129. The molecular formula is C10H16F3N5O2S. The van der Waals surface area contributed by atoms with Gasteiger partial charge in [-0.05, 0) is 0 Å². The molecule has 1 aromatic rings. The van der Waals surface area contributed by atoms with E-state index in [9.17, 15) is 21.6 Å². The third-order valence-electron chi connectivity index (χ3n) is 3.17. The van der Waals surface area contributed by atoms with Crippen LogP contribution in [0, 0.1) is 0 Å². The van der Waals surface area contributed by atoms with Gasteiger partial charge in [0.25, 0.3) is 0 Å². The fourth-order valence-electron chi connectivity index (χ4n) is 2.20. The van der Waals surface area contributed by atoms with Crippen molar-refractivity contribution in [1.29, 1.82) is 0 Å². The van der Waals surface area contributed by atoms with E-state index in [1.165, 1.54) is 22.8 Å². The summed E-state index contributed by atoms with van der Waals surface area (Å²) in [5.41, 5.74) is 5.55. The Morgan fingerprint density at radius 2 is 1.86 bits per heavy atom. The molecule has 1 aliphatic heterocycles. The maximum atomic E-state index is 12.4. The molecular weight excluding hydrogens is 311 g/mol. The zero-order valence-electron chi connectivity index (χ0n) is 11.3. The Hall–Kier alpha value is -1.33. The lowest BCUT2D eigenvalue weighted by Gasteiger charge is -2.33. The van der Waals surface area contributed by atoms with Crippen molar-refractivity contribution in [3.05, 3.63) is 6.20 Å². The fourth-order valence-corrected chi connectivity index (χ4v) is 3.72. The van der Waals surface area contributed by atoms with Gasteiger partial charge in [0.15, 0.2) is 5.82 Å². The molecule has 0 spiro atoms. The van der Waals surface area contributed by atoms with Gasteiger partial charge < -0.3 is 5.73 Å². The first-order valence-electron chi connectivity index (χ1n) is 6.18. The van der Waals surface area contributed by atoms with Gasteiger partial charge in [0.1, 0.15) is 4.90 Å². The Morgan fingerprint density at radius 3 is 2.29 bits per heavy atom. The summed E-state index contributed by atoms with van der Waals surface area (Å²) >= 11 is 0. The number of rotatable bonds is 3. The quantitative estimate of drug-likeness (QED) is 0.836. The van der Waals surface area contributed by atoms with Crippen LogP contribution in [-0.4, -0.2) is 66.3 Å². The minimum atomic E-state index is -4.28. The summed E-state index contributed by atoms with van der Waals surface area (Å²) in [6.07, 6.45) is -3.00. The third-order valence-corrected chi connectivity index (χ3v) is 5.09. The molecule has 2 N–H and O–H groups in total. The summed E-state index contributed by atoms with van der Waals surface area (Å²) in [4.78, 5) is 1.06. The first-order valence-corrected chi connectivity index (χ1v) is 7.62. The van der Waals surface area contributed by atoms with Crippen molar-refractivity contribution in [2.24, 2.45) is 7.05 Å². The van der Waals surface area contributed by atoms with E-state index in [2.05, 4.69) is 5.10 Å². The molecule has 21 heavy (non-hydrogen) atoms. The Bertz CT molecular complexity index is 605. The van der Waals surface area contributed by atoms with Crippen LogP contribution in [0.1, 0.15) is 0 Å². The average molecular weight is 327 g/mol. The van der Waals surface area contributed by atoms with Crippen LogP contribution in [0.2, 0.25) is 0 Å². The Balaban J connectivity index is 2.06. The van der Waals surface area contributed by atoms with Crippen molar-refractivity contribution in [2.75, 3.05) is 38.5 Å². The zero-order valence-corrected chi connectivity index (χ0v) is 12.2. The van der Waals surface area contributed by atoms with Crippen molar-refractivity contribution in [1.82, 2.24) is 19.0 Å². The molecule has 0 saturated carbocycles. The standard InChI is InChI=1S/C10H16F3N5O2S/c1-16-6-8(9(14)15-16)21(19,20)18-4-2-17(3-5-18)7-10(11,12)13/h6H,2-5,7H2,1H3,(H2,14,15). The molecule has 0 aromatic carbocycles. The summed E-state index contributed by atoms with van der Waals surface area (Å²) in [6.45, 7) is -0.993. The van der Waals surface area contributed by atoms with Crippen molar-refractivity contribution in [2.45, 2.75) is 11.1 Å². The number of piperazine rings is 1. The summed E-state index contributed by atoms with van der Waals surface area (Å²) in [7, 11) is -2.28. The van der Waals surface area contributed by atoms with Crippen LogP contribution in [0.15, 0.2) is 11.1 Å². The number of alkyl halides is 3. The van der Waals surface area contributed by atoms with E-state index in [4.69, 9.17) is 5.73 Å². The van der Waals surface area contributed by atoms with Crippen LogP contribution in [0.3, 0.4) is 0 Å². The number of nitrogens with two attached hydrogens (primary N) is 1. The second kappa shape index (κ2) is 5.46. The molecule has 7 nitrogen and oxygen atoms in total. The first kappa shape index (κ1) is 16.0. The molecule has 1 fully saturated rings. The second-order valence-corrected chi connectivity index (χ2v) is 6.75. The van der Waals surface area contributed by atoms with Gasteiger partial charge >= 0.3 is 6.18 Å². The Morgan fingerprint density at radius 1 is 1.29 bits per heavy atom.